The summed E-state index contributed by atoms with van der Waals surface area (Å²) in [5, 5.41) is 11.7. The van der Waals surface area contributed by atoms with Crippen molar-refractivity contribution in [1.29, 1.82) is 0 Å². The largest absolute Gasteiger partial charge is 0.325 e. The highest BCUT2D eigenvalue weighted by Crippen LogP contribution is 2.23. The minimum absolute atomic E-state index is 0.163. The van der Waals surface area contributed by atoms with E-state index in [2.05, 4.69) is 15.5 Å². The second kappa shape index (κ2) is 7.48. The highest BCUT2D eigenvalue weighted by Gasteiger charge is 2.13. The van der Waals surface area contributed by atoms with Crippen LogP contribution in [0.25, 0.3) is 11.4 Å². The number of hydrogen-bond donors (Lipinski definition) is 1. The molecule has 25 heavy (non-hydrogen) atoms. The maximum Gasteiger partial charge on any atom is 0.234 e. The van der Waals surface area contributed by atoms with Gasteiger partial charge in [0, 0.05) is 18.3 Å². The van der Waals surface area contributed by atoms with Crippen LogP contribution in [0.4, 0.5) is 10.1 Å². The van der Waals surface area contributed by atoms with Gasteiger partial charge in [0.2, 0.25) is 5.91 Å². The van der Waals surface area contributed by atoms with E-state index in [1.54, 1.807) is 12.1 Å². The topological polar surface area (TPSA) is 59.8 Å². The molecule has 0 aliphatic rings. The standard InChI is InChI=1S/C18H17FN4OS/c1-12-5-3-6-13(9-12)17-21-22-18(23(17)2)25-11-16(24)20-15-8-4-7-14(19)10-15/h3-10H,11H2,1-2H3,(H,20,24). The molecule has 0 aliphatic carbocycles. The van der Waals surface area contributed by atoms with E-state index in [1.165, 1.54) is 23.9 Å². The molecule has 0 aliphatic heterocycles. The van der Waals surface area contributed by atoms with Crippen LogP contribution in [0.15, 0.2) is 53.7 Å². The third-order valence-electron chi connectivity index (χ3n) is 3.55. The van der Waals surface area contributed by atoms with Crippen LogP contribution in [-0.4, -0.2) is 26.4 Å². The van der Waals surface area contributed by atoms with Gasteiger partial charge >= 0.3 is 0 Å². The number of nitrogens with one attached hydrogen (secondary N) is 1. The first-order valence-corrected chi connectivity index (χ1v) is 8.66. The van der Waals surface area contributed by atoms with Crippen molar-refractivity contribution in [2.45, 2.75) is 12.1 Å². The second-order valence-electron chi connectivity index (χ2n) is 5.58. The summed E-state index contributed by atoms with van der Waals surface area (Å²) in [6.07, 6.45) is 0. The molecule has 0 saturated heterocycles. The predicted octanol–water partition coefficient (Wildman–Crippen LogP) is 3.66. The summed E-state index contributed by atoms with van der Waals surface area (Å²) in [5.41, 5.74) is 2.55. The summed E-state index contributed by atoms with van der Waals surface area (Å²) < 4.78 is 15.0. The molecule has 1 N–H and O–H groups in total. The van der Waals surface area contributed by atoms with Gasteiger partial charge in [0.05, 0.1) is 5.75 Å². The molecule has 0 bridgehead atoms. The number of halogens is 1. The lowest BCUT2D eigenvalue weighted by Crippen LogP contribution is -2.14. The van der Waals surface area contributed by atoms with Crippen LogP contribution >= 0.6 is 11.8 Å². The number of aromatic nitrogens is 3. The Kier molecular flexibility index (Phi) is 5.14. The van der Waals surface area contributed by atoms with Crippen molar-refractivity contribution in [2.24, 2.45) is 7.05 Å². The SMILES string of the molecule is Cc1cccc(-c2nnc(SCC(=O)Nc3cccc(F)c3)n2C)c1. The first-order chi connectivity index (χ1) is 12.0. The van der Waals surface area contributed by atoms with Gasteiger partial charge in [-0.2, -0.15) is 0 Å². The molecule has 3 aromatic rings. The first kappa shape index (κ1) is 17.2. The monoisotopic (exact) mass is 356 g/mol. The number of amides is 1. The molecule has 0 spiro atoms. The quantitative estimate of drug-likeness (QED) is 0.709. The molecule has 3 rings (SSSR count). The molecule has 0 fully saturated rings. The average Bonchev–Trinajstić information content (AvgIpc) is 2.94. The molecule has 0 atom stereocenters. The van der Waals surface area contributed by atoms with Gasteiger partial charge in [-0.1, -0.05) is 41.6 Å². The number of hydrogen-bond acceptors (Lipinski definition) is 4. The van der Waals surface area contributed by atoms with Crippen molar-refractivity contribution >= 4 is 23.4 Å². The highest BCUT2D eigenvalue weighted by atomic mass is 32.2. The molecule has 0 unspecified atom stereocenters. The number of benzene rings is 2. The van der Waals surface area contributed by atoms with Crippen LogP contribution in [0.5, 0.6) is 0 Å². The Bertz CT molecular complexity index is 910. The van der Waals surface area contributed by atoms with E-state index < -0.39 is 0 Å². The van der Waals surface area contributed by atoms with Gasteiger partial charge in [0.15, 0.2) is 11.0 Å². The zero-order valence-electron chi connectivity index (χ0n) is 13.9. The van der Waals surface area contributed by atoms with E-state index in [0.717, 1.165) is 17.0 Å². The van der Waals surface area contributed by atoms with Crippen molar-refractivity contribution in [3.8, 4) is 11.4 Å². The van der Waals surface area contributed by atoms with Gasteiger partial charge in [0.25, 0.3) is 0 Å². The number of thioether (sulfide) groups is 1. The number of aryl methyl sites for hydroxylation is 1. The number of nitrogens with zero attached hydrogens (tertiary/aromatic N) is 3. The van der Waals surface area contributed by atoms with Crippen molar-refractivity contribution < 1.29 is 9.18 Å². The molecule has 2 aromatic carbocycles. The summed E-state index contributed by atoms with van der Waals surface area (Å²) in [7, 11) is 1.87. The fourth-order valence-corrected chi connectivity index (χ4v) is 3.08. The molecule has 7 heteroatoms. The van der Waals surface area contributed by atoms with Gasteiger partial charge in [-0.3, -0.25) is 4.79 Å². The highest BCUT2D eigenvalue weighted by molar-refractivity contribution is 7.99. The summed E-state index contributed by atoms with van der Waals surface area (Å²) >= 11 is 1.28. The number of carbonyl (C=O) groups excluding carboxylic acids is 1. The fraction of sp³-hybridized carbons (Fsp3) is 0.167. The molecule has 128 valence electrons. The molecule has 1 amide bonds. The average molecular weight is 356 g/mol. The van der Waals surface area contributed by atoms with E-state index in [1.807, 2.05) is 42.8 Å². The zero-order valence-corrected chi connectivity index (χ0v) is 14.7. The van der Waals surface area contributed by atoms with E-state index in [4.69, 9.17) is 0 Å². The van der Waals surface area contributed by atoms with Crippen LogP contribution in [-0.2, 0) is 11.8 Å². The van der Waals surface area contributed by atoms with Crippen molar-refractivity contribution in [3.05, 3.63) is 59.9 Å². The molecule has 0 saturated carbocycles. The lowest BCUT2D eigenvalue weighted by Gasteiger charge is -2.06. The van der Waals surface area contributed by atoms with Gasteiger partial charge in [-0.15, -0.1) is 10.2 Å². The predicted molar refractivity (Wildman–Crippen MR) is 96.9 cm³/mol. The van der Waals surface area contributed by atoms with E-state index in [-0.39, 0.29) is 17.5 Å². The maximum absolute atomic E-state index is 13.1. The van der Waals surface area contributed by atoms with Crippen molar-refractivity contribution in [1.82, 2.24) is 14.8 Å². The normalized spacial score (nSPS) is 10.7. The smallest absolute Gasteiger partial charge is 0.234 e. The van der Waals surface area contributed by atoms with Gasteiger partial charge < -0.3 is 9.88 Å². The summed E-state index contributed by atoms with van der Waals surface area (Å²) in [4.78, 5) is 12.0. The fourth-order valence-electron chi connectivity index (χ4n) is 2.37. The van der Waals surface area contributed by atoms with Gasteiger partial charge in [0.1, 0.15) is 5.82 Å². The van der Waals surface area contributed by atoms with Crippen LogP contribution in [0, 0.1) is 12.7 Å². The second-order valence-corrected chi connectivity index (χ2v) is 6.52. The van der Waals surface area contributed by atoms with Gasteiger partial charge in [-0.25, -0.2) is 4.39 Å². The minimum Gasteiger partial charge on any atom is -0.325 e. The molecular formula is C18H17FN4OS. The third-order valence-corrected chi connectivity index (χ3v) is 4.57. The number of rotatable bonds is 5. The maximum atomic E-state index is 13.1. The molecule has 1 heterocycles. The lowest BCUT2D eigenvalue weighted by atomic mass is 10.1. The van der Waals surface area contributed by atoms with Crippen molar-refractivity contribution in [2.75, 3.05) is 11.1 Å². The molecular weight excluding hydrogens is 339 g/mol. The Morgan fingerprint density at radius 3 is 2.76 bits per heavy atom. The molecule has 0 radical (unpaired) electrons. The Balaban J connectivity index is 1.65. The van der Waals surface area contributed by atoms with Crippen LogP contribution in [0.1, 0.15) is 5.56 Å². The Hall–Kier alpha value is -2.67. The zero-order chi connectivity index (χ0) is 17.8. The number of anilines is 1. The van der Waals surface area contributed by atoms with E-state index in [0.29, 0.717) is 10.8 Å². The third kappa shape index (κ3) is 4.24. The van der Waals surface area contributed by atoms with Gasteiger partial charge in [-0.05, 0) is 31.2 Å². The summed E-state index contributed by atoms with van der Waals surface area (Å²) in [5.74, 6) is 0.296. The van der Waals surface area contributed by atoms with E-state index in [9.17, 15) is 9.18 Å². The first-order valence-electron chi connectivity index (χ1n) is 7.67. The Morgan fingerprint density at radius 2 is 2.00 bits per heavy atom. The molecule has 5 nitrogen and oxygen atoms in total. The molecule has 1 aromatic heterocycles. The van der Waals surface area contributed by atoms with Crippen LogP contribution in [0.3, 0.4) is 0 Å². The van der Waals surface area contributed by atoms with E-state index >= 15 is 0 Å². The van der Waals surface area contributed by atoms with Crippen LogP contribution in [0.2, 0.25) is 0 Å². The van der Waals surface area contributed by atoms with Crippen molar-refractivity contribution in [3.63, 3.8) is 0 Å². The Labute approximate surface area is 149 Å². The number of carbonyl (C=O) groups is 1. The summed E-state index contributed by atoms with van der Waals surface area (Å²) in [6.45, 7) is 2.02. The summed E-state index contributed by atoms with van der Waals surface area (Å²) in [6, 6.07) is 13.8. The lowest BCUT2D eigenvalue weighted by molar-refractivity contribution is -0.113. The van der Waals surface area contributed by atoms with Crippen LogP contribution < -0.4 is 5.32 Å². The Morgan fingerprint density at radius 1 is 1.20 bits per heavy atom. The minimum atomic E-state index is -0.387.